The summed E-state index contributed by atoms with van der Waals surface area (Å²) in [6.07, 6.45) is -0.240. The van der Waals surface area contributed by atoms with Gasteiger partial charge in [-0.05, 0) is 34.1 Å². The van der Waals surface area contributed by atoms with E-state index in [4.69, 9.17) is 10.5 Å². The summed E-state index contributed by atoms with van der Waals surface area (Å²) in [5, 5.41) is 2.37. The number of nitrogens with two attached hydrogens (primary N) is 1. The van der Waals surface area contributed by atoms with E-state index in [9.17, 15) is 14.4 Å². The molecule has 20 heavy (non-hydrogen) atoms. The Hall–Kier alpha value is -1.79. The fraction of sp³-hybridized carbons (Fsp3) is 0.769. The molecule has 0 aromatic heterocycles. The van der Waals surface area contributed by atoms with E-state index in [1.54, 1.807) is 34.6 Å². The van der Waals surface area contributed by atoms with Gasteiger partial charge in [0, 0.05) is 6.54 Å². The van der Waals surface area contributed by atoms with Crippen LogP contribution in [-0.2, 0) is 14.3 Å². The number of rotatable bonds is 6. The van der Waals surface area contributed by atoms with E-state index in [0.717, 1.165) is 0 Å². The van der Waals surface area contributed by atoms with Crippen LogP contribution in [0.15, 0.2) is 0 Å². The van der Waals surface area contributed by atoms with E-state index in [1.807, 2.05) is 0 Å². The van der Waals surface area contributed by atoms with Crippen LogP contribution in [0.1, 0.15) is 41.0 Å². The molecule has 1 unspecified atom stereocenters. The lowest BCUT2D eigenvalue weighted by Gasteiger charge is -2.28. The van der Waals surface area contributed by atoms with Gasteiger partial charge >= 0.3 is 6.09 Å². The first-order valence-corrected chi connectivity index (χ1v) is 6.68. The van der Waals surface area contributed by atoms with Crippen molar-refractivity contribution in [1.29, 1.82) is 0 Å². The molecule has 116 valence electrons. The van der Waals surface area contributed by atoms with Crippen LogP contribution in [0.25, 0.3) is 0 Å². The van der Waals surface area contributed by atoms with Gasteiger partial charge in [0.15, 0.2) is 0 Å². The van der Waals surface area contributed by atoms with Crippen molar-refractivity contribution in [2.45, 2.75) is 52.7 Å². The van der Waals surface area contributed by atoms with E-state index in [1.165, 1.54) is 4.90 Å². The van der Waals surface area contributed by atoms with Crippen LogP contribution in [0.3, 0.4) is 0 Å². The van der Waals surface area contributed by atoms with Gasteiger partial charge < -0.3 is 20.7 Å². The van der Waals surface area contributed by atoms with Crippen molar-refractivity contribution < 1.29 is 19.1 Å². The molecular formula is C13H25N3O4. The fourth-order valence-corrected chi connectivity index (χ4v) is 1.71. The summed E-state index contributed by atoms with van der Waals surface area (Å²) in [6, 6.07) is -0.659. The van der Waals surface area contributed by atoms with Crippen LogP contribution in [-0.4, -0.2) is 47.5 Å². The topological polar surface area (TPSA) is 102 Å². The number of alkyl carbamates (subject to hydrolysis) is 1. The van der Waals surface area contributed by atoms with E-state index in [0.29, 0.717) is 13.0 Å². The van der Waals surface area contributed by atoms with E-state index < -0.39 is 23.6 Å². The summed E-state index contributed by atoms with van der Waals surface area (Å²) >= 11 is 0. The SMILES string of the molecule is CCC(C(N)=O)N(CC)C(=O)CNC(=O)OC(C)(C)C. The Morgan fingerprint density at radius 1 is 1.25 bits per heavy atom. The third-order valence-electron chi connectivity index (χ3n) is 2.54. The molecule has 0 heterocycles. The van der Waals surface area contributed by atoms with Crippen LogP contribution in [0.5, 0.6) is 0 Å². The van der Waals surface area contributed by atoms with Crippen LogP contribution in [0.4, 0.5) is 4.79 Å². The molecule has 3 N–H and O–H groups in total. The first-order valence-electron chi connectivity index (χ1n) is 6.68. The number of amides is 3. The Labute approximate surface area is 119 Å². The number of nitrogens with one attached hydrogen (secondary N) is 1. The van der Waals surface area contributed by atoms with Crippen molar-refractivity contribution in [3.63, 3.8) is 0 Å². The number of likely N-dealkylation sites (N-methyl/N-ethyl adjacent to an activating group) is 1. The first kappa shape index (κ1) is 18.2. The lowest BCUT2D eigenvalue weighted by atomic mass is 10.1. The number of nitrogens with zero attached hydrogens (tertiary/aromatic N) is 1. The Morgan fingerprint density at radius 3 is 2.15 bits per heavy atom. The third-order valence-corrected chi connectivity index (χ3v) is 2.54. The van der Waals surface area contributed by atoms with E-state index in [2.05, 4.69) is 5.32 Å². The number of carbonyl (C=O) groups excluding carboxylic acids is 3. The molecule has 0 aliphatic heterocycles. The maximum atomic E-state index is 12.0. The van der Waals surface area contributed by atoms with Gasteiger partial charge in [-0.3, -0.25) is 9.59 Å². The van der Waals surface area contributed by atoms with Crippen molar-refractivity contribution >= 4 is 17.9 Å². The van der Waals surface area contributed by atoms with Crippen LogP contribution in [0, 0.1) is 0 Å². The Morgan fingerprint density at radius 2 is 1.80 bits per heavy atom. The highest BCUT2D eigenvalue weighted by molar-refractivity contribution is 5.88. The zero-order valence-electron chi connectivity index (χ0n) is 12.9. The zero-order chi connectivity index (χ0) is 15.9. The first-order chi connectivity index (χ1) is 9.12. The van der Waals surface area contributed by atoms with Gasteiger partial charge in [0.25, 0.3) is 0 Å². The second kappa shape index (κ2) is 7.72. The predicted octanol–water partition coefficient (Wildman–Crippen LogP) is 0.623. The number of primary amides is 1. The number of hydrogen-bond donors (Lipinski definition) is 2. The summed E-state index contributed by atoms with van der Waals surface area (Å²) in [5.74, 6) is -0.927. The molecule has 0 fully saturated rings. The Kier molecular flexibility index (Phi) is 7.02. The molecule has 0 bridgehead atoms. The maximum Gasteiger partial charge on any atom is 0.408 e. The van der Waals surface area contributed by atoms with Gasteiger partial charge in [-0.15, -0.1) is 0 Å². The normalized spacial score (nSPS) is 12.4. The molecule has 0 aromatic carbocycles. The smallest absolute Gasteiger partial charge is 0.408 e. The number of carbonyl (C=O) groups is 3. The average molecular weight is 287 g/mol. The highest BCUT2D eigenvalue weighted by Gasteiger charge is 2.26. The largest absolute Gasteiger partial charge is 0.444 e. The Balaban J connectivity index is 4.50. The molecule has 0 aliphatic rings. The van der Waals surface area contributed by atoms with Gasteiger partial charge in [0.1, 0.15) is 18.2 Å². The molecule has 0 saturated heterocycles. The van der Waals surface area contributed by atoms with Gasteiger partial charge in [-0.1, -0.05) is 6.92 Å². The number of hydrogen-bond acceptors (Lipinski definition) is 4. The molecule has 7 nitrogen and oxygen atoms in total. The molecule has 0 spiro atoms. The van der Waals surface area contributed by atoms with E-state index >= 15 is 0 Å². The summed E-state index contributed by atoms with van der Waals surface area (Å²) in [6.45, 7) is 8.82. The zero-order valence-corrected chi connectivity index (χ0v) is 12.9. The van der Waals surface area contributed by atoms with Crippen molar-refractivity contribution in [2.24, 2.45) is 5.73 Å². The second-order valence-electron chi connectivity index (χ2n) is 5.36. The van der Waals surface area contributed by atoms with Crippen molar-refractivity contribution in [3.05, 3.63) is 0 Å². The van der Waals surface area contributed by atoms with Gasteiger partial charge in [0.05, 0.1) is 0 Å². The third kappa shape index (κ3) is 6.40. The summed E-state index contributed by atoms with van der Waals surface area (Å²) in [7, 11) is 0. The molecule has 7 heteroatoms. The van der Waals surface area contributed by atoms with Gasteiger partial charge in [-0.2, -0.15) is 0 Å². The summed E-state index contributed by atoms with van der Waals surface area (Å²) in [5.41, 5.74) is 4.63. The molecule has 0 rings (SSSR count). The van der Waals surface area contributed by atoms with Crippen molar-refractivity contribution in [1.82, 2.24) is 10.2 Å². The maximum absolute atomic E-state index is 12.0. The standard InChI is InChI=1S/C13H25N3O4/c1-6-9(11(14)18)16(7-2)10(17)8-15-12(19)20-13(3,4)5/h9H,6-8H2,1-5H3,(H2,14,18)(H,15,19). The van der Waals surface area contributed by atoms with E-state index in [-0.39, 0.29) is 12.5 Å². The fourth-order valence-electron chi connectivity index (χ4n) is 1.71. The molecule has 0 aromatic rings. The minimum Gasteiger partial charge on any atom is -0.444 e. The summed E-state index contributed by atoms with van der Waals surface area (Å²) < 4.78 is 5.02. The quantitative estimate of drug-likeness (QED) is 0.747. The minimum atomic E-state index is -0.672. The number of ether oxygens (including phenoxy) is 1. The van der Waals surface area contributed by atoms with Crippen molar-refractivity contribution in [2.75, 3.05) is 13.1 Å². The average Bonchev–Trinajstić information content (AvgIpc) is 2.30. The lowest BCUT2D eigenvalue weighted by molar-refractivity contribution is -0.138. The lowest BCUT2D eigenvalue weighted by Crippen LogP contribution is -2.50. The minimum absolute atomic E-state index is 0.230. The van der Waals surface area contributed by atoms with Crippen molar-refractivity contribution in [3.8, 4) is 0 Å². The molecule has 0 aliphatic carbocycles. The molecule has 0 radical (unpaired) electrons. The highest BCUT2D eigenvalue weighted by Crippen LogP contribution is 2.07. The monoisotopic (exact) mass is 287 g/mol. The molecule has 1 atom stereocenters. The van der Waals surface area contributed by atoms with Crippen LogP contribution >= 0.6 is 0 Å². The summed E-state index contributed by atoms with van der Waals surface area (Å²) in [4.78, 5) is 36.1. The second-order valence-corrected chi connectivity index (χ2v) is 5.36. The highest BCUT2D eigenvalue weighted by atomic mass is 16.6. The molecular weight excluding hydrogens is 262 g/mol. The van der Waals surface area contributed by atoms with Crippen LogP contribution < -0.4 is 11.1 Å². The van der Waals surface area contributed by atoms with Gasteiger partial charge in [-0.25, -0.2) is 4.79 Å². The predicted molar refractivity (Wildman–Crippen MR) is 74.9 cm³/mol. The molecule has 0 saturated carbocycles. The van der Waals surface area contributed by atoms with Gasteiger partial charge in [0.2, 0.25) is 11.8 Å². The van der Waals surface area contributed by atoms with Crippen LogP contribution in [0.2, 0.25) is 0 Å². The Bertz CT molecular complexity index is 363. The molecule has 3 amide bonds.